The SMILES string of the molecule is CCCCCOC(=O)[C@H](C)Sc1ncnc2sc(-c3ccccc3)cc12. The molecule has 1 atom stereocenters. The summed E-state index contributed by atoms with van der Waals surface area (Å²) in [5.74, 6) is -0.184. The third-order valence-electron chi connectivity index (χ3n) is 3.96. The molecule has 136 valence electrons. The molecule has 3 aromatic rings. The molecule has 4 nitrogen and oxygen atoms in total. The highest BCUT2D eigenvalue weighted by Crippen LogP contribution is 2.37. The Morgan fingerprint density at radius 2 is 2.04 bits per heavy atom. The van der Waals surface area contributed by atoms with E-state index in [-0.39, 0.29) is 11.2 Å². The number of benzene rings is 1. The lowest BCUT2D eigenvalue weighted by Gasteiger charge is -2.11. The number of aromatic nitrogens is 2. The second-order valence-corrected chi connectivity index (χ2v) is 8.37. The minimum atomic E-state index is -0.296. The Morgan fingerprint density at radius 1 is 1.23 bits per heavy atom. The standard InChI is InChI=1S/C20H22N2O2S2/c1-3-4-8-11-24-20(23)14(2)25-18-16-12-17(15-9-6-5-7-10-15)26-19(16)22-13-21-18/h5-7,9-10,12-14H,3-4,8,11H2,1-2H3/t14-/m0/s1. The van der Waals surface area contributed by atoms with E-state index in [0.717, 1.165) is 44.9 Å². The van der Waals surface area contributed by atoms with Crippen molar-refractivity contribution in [2.24, 2.45) is 0 Å². The van der Waals surface area contributed by atoms with E-state index in [1.807, 2.05) is 25.1 Å². The van der Waals surface area contributed by atoms with Crippen LogP contribution in [-0.4, -0.2) is 27.8 Å². The lowest BCUT2D eigenvalue weighted by atomic mass is 10.2. The summed E-state index contributed by atoms with van der Waals surface area (Å²) in [5, 5.41) is 1.52. The van der Waals surface area contributed by atoms with E-state index in [9.17, 15) is 4.79 Å². The molecule has 2 aromatic heterocycles. The van der Waals surface area contributed by atoms with Crippen molar-refractivity contribution in [1.29, 1.82) is 0 Å². The molecule has 0 unspecified atom stereocenters. The van der Waals surface area contributed by atoms with Crippen molar-refractivity contribution in [3.63, 3.8) is 0 Å². The van der Waals surface area contributed by atoms with Gasteiger partial charge in [-0.15, -0.1) is 11.3 Å². The number of thiophene rings is 1. The fraction of sp³-hybridized carbons (Fsp3) is 0.350. The van der Waals surface area contributed by atoms with Gasteiger partial charge in [0.2, 0.25) is 0 Å². The van der Waals surface area contributed by atoms with Gasteiger partial charge in [-0.25, -0.2) is 9.97 Å². The Labute approximate surface area is 162 Å². The minimum absolute atomic E-state index is 0.184. The molecule has 0 aliphatic heterocycles. The van der Waals surface area contributed by atoms with E-state index in [2.05, 4.69) is 35.1 Å². The summed E-state index contributed by atoms with van der Waals surface area (Å²) in [6.45, 7) is 4.49. The highest BCUT2D eigenvalue weighted by molar-refractivity contribution is 8.00. The topological polar surface area (TPSA) is 52.1 Å². The largest absolute Gasteiger partial charge is 0.465 e. The molecule has 6 heteroatoms. The Hall–Kier alpha value is -1.92. The highest BCUT2D eigenvalue weighted by atomic mass is 32.2. The molecule has 0 saturated carbocycles. The van der Waals surface area contributed by atoms with E-state index in [0.29, 0.717) is 6.61 Å². The molecule has 2 heterocycles. The number of unbranched alkanes of at least 4 members (excludes halogenated alkanes) is 2. The second kappa shape index (κ2) is 9.14. The first-order chi connectivity index (χ1) is 12.7. The summed E-state index contributed by atoms with van der Waals surface area (Å²) in [4.78, 5) is 23.1. The smallest absolute Gasteiger partial charge is 0.319 e. The molecule has 1 aromatic carbocycles. The van der Waals surface area contributed by atoms with Crippen LogP contribution in [0.2, 0.25) is 0 Å². The molecule has 0 radical (unpaired) electrons. The summed E-state index contributed by atoms with van der Waals surface area (Å²) in [6, 6.07) is 12.3. The third-order valence-corrected chi connectivity index (χ3v) is 6.15. The number of ether oxygens (including phenoxy) is 1. The zero-order chi connectivity index (χ0) is 18.4. The number of thioether (sulfide) groups is 1. The molecular formula is C20H22N2O2S2. The van der Waals surface area contributed by atoms with Gasteiger partial charge >= 0.3 is 5.97 Å². The number of rotatable bonds is 8. The molecule has 0 amide bonds. The third kappa shape index (κ3) is 4.62. The Morgan fingerprint density at radius 3 is 2.81 bits per heavy atom. The molecule has 0 fully saturated rings. The number of nitrogens with zero attached hydrogens (tertiary/aromatic N) is 2. The fourth-order valence-electron chi connectivity index (χ4n) is 2.53. The number of carbonyl (C=O) groups excluding carboxylic acids is 1. The number of carbonyl (C=O) groups is 1. The van der Waals surface area contributed by atoms with Gasteiger partial charge in [0, 0.05) is 10.3 Å². The minimum Gasteiger partial charge on any atom is -0.465 e. The van der Waals surface area contributed by atoms with Gasteiger partial charge in [-0.2, -0.15) is 0 Å². The first kappa shape index (κ1) is 18.9. The Kier molecular flexibility index (Phi) is 6.63. The van der Waals surface area contributed by atoms with E-state index in [1.54, 1.807) is 17.7 Å². The predicted molar refractivity (Wildman–Crippen MR) is 109 cm³/mol. The van der Waals surface area contributed by atoms with Gasteiger partial charge in [-0.3, -0.25) is 4.79 Å². The molecule has 0 bridgehead atoms. The molecular weight excluding hydrogens is 364 g/mol. The van der Waals surface area contributed by atoms with Gasteiger partial charge in [0.25, 0.3) is 0 Å². The highest BCUT2D eigenvalue weighted by Gasteiger charge is 2.19. The molecule has 3 rings (SSSR count). The monoisotopic (exact) mass is 386 g/mol. The number of esters is 1. The molecule has 0 aliphatic rings. The zero-order valence-electron chi connectivity index (χ0n) is 15.0. The van der Waals surface area contributed by atoms with E-state index in [4.69, 9.17) is 4.74 Å². The molecule has 0 spiro atoms. The fourth-order valence-corrected chi connectivity index (χ4v) is 4.49. The first-order valence-electron chi connectivity index (χ1n) is 8.82. The number of hydrogen-bond donors (Lipinski definition) is 0. The van der Waals surface area contributed by atoms with Gasteiger partial charge in [0.15, 0.2) is 0 Å². The Balaban J connectivity index is 1.73. The maximum Gasteiger partial charge on any atom is 0.319 e. The van der Waals surface area contributed by atoms with Crippen LogP contribution in [0.15, 0.2) is 47.8 Å². The van der Waals surface area contributed by atoms with Crippen LogP contribution in [0.5, 0.6) is 0 Å². The molecule has 0 saturated heterocycles. The number of fused-ring (bicyclic) bond motifs is 1. The van der Waals surface area contributed by atoms with E-state index < -0.39 is 0 Å². The summed E-state index contributed by atoms with van der Waals surface area (Å²) in [5.41, 5.74) is 1.16. The van der Waals surface area contributed by atoms with Gasteiger partial charge in [0.1, 0.15) is 21.4 Å². The van der Waals surface area contributed by atoms with Gasteiger partial charge in [-0.1, -0.05) is 61.9 Å². The van der Waals surface area contributed by atoms with Crippen LogP contribution in [0.25, 0.3) is 20.7 Å². The lowest BCUT2D eigenvalue weighted by molar-refractivity contribution is -0.142. The Bertz CT molecular complexity index is 865. The van der Waals surface area contributed by atoms with Crippen molar-refractivity contribution in [2.45, 2.75) is 43.4 Å². The average molecular weight is 387 g/mol. The second-order valence-electron chi connectivity index (χ2n) is 6.01. The van der Waals surface area contributed by atoms with Crippen LogP contribution < -0.4 is 0 Å². The average Bonchev–Trinajstić information content (AvgIpc) is 3.11. The molecule has 0 N–H and O–H groups in total. The van der Waals surface area contributed by atoms with Crippen LogP contribution in [0.4, 0.5) is 0 Å². The molecule has 26 heavy (non-hydrogen) atoms. The lowest BCUT2D eigenvalue weighted by Crippen LogP contribution is -2.17. The maximum absolute atomic E-state index is 12.2. The summed E-state index contributed by atoms with van der Waals surface area (Å²) < 4.78 is 5.36. The summed E-state index contributed by atoms with van der Waals surface area (Å²) in [7, 11) is 0. The van der Waals surface area contributed by atoms with Crippen molar-refractivity contribution >= 4 is 39.3 Å². The van der Waals surface area contributed by atoms with Crippen LogP contribution in [0, 0.1) is 0 Å². The van der Waals surface area contributed by atoms with Crippen LogP contribution in [0.1, 0.15) is 33.1 Å². The quantitative estimate of drug-likeness (QED) is 0.219. The summed E-state index contributed by atoms with van der Waals surface area (Å²) >= 11 is 3.07. The van der Waals surface area contributed by atoms with Crippen LogP contribution in [0.3, 0.4) is 0 Å². The van der Waals surface area contributed by atoms with E-state index >= 15 is 0 Å². The van der Waals surface area contributed by atoms with Crippen LogP contribution in [-0.2, 0) is 9.53 Å². The van der Waals surface area contributed by atoms with Crippen molar-refractivity contribution in [3.05, 3.63) is 42.7 Å². The van der Waals surface area contributed by atoms with Gasteiger partial charge in [0.05, 0.1) is 6.61 Å². The maximum atomic E-state index is 12.2. The normalized spacial score (nSPS) is 12.2. The van der Waals surface area contributed by atoms with Crippen molar-refractivity contribution in [1.82, 2.24) is 9.97 Å². The van der Waals surface area contributed by atoms with Crippen LogP contribution >= 0.6 is 23.1 Å². The van der Waals surface area contributed by atoms with Crippen molar-refractivity contribution in [3.8, 4) is 10.4 Å². The van der Waals surface area contributed by atoms with Crippen molar-refractivity contribution < 1.29 is 9.53 Å². The summed E-state index contributed by atoms with van der Waals surface area (Å²) in [6.07, 6.45) is 4.68. The molecule has 0 aliphatic carbocycles. The first-order valence-corrected chi connectivity index (χ1v) is 10.5. The van der Waals surface area contributed by atoms with Crippen molar-refractivity contribution in [2.75, 3.05) is 6.61 Å². The number of hydrogen-bond acceptors (Lipinski definition) is 6. The van der Waals surface area contributed by atoms with Gasteiger partial charge < -0.3 is 4.74 Å². The predicted octanol–water partition coefficient (Wildman–Crippen LogP) is 5.57. The zero-order valence-corrected chi connectivity index (χ0v) is 16.6. The van der Waals surface area contributed by atoms with E-state index in [1.165, 1.54) is 11.8 Å². The van der Waals surface area contributed by atoms with Gasteiger partial charge in [-0.05, 0) is 25.0 Å².